The normalized spacial score (nSPS) is 16.0. The van der Waals surface area contributed by atoms with Crippen LogP contribution in [0.1, 0.15) is 43.2 Å². The Balaban J connectivity index is 1.79. The predicted molar refractivity (Wildman–Crippen MR) is 86.5 cm³/mol. The Bertz CT molecular complexity index is 635. The van der Waals surface area contributed by atoms with Crippen LogP contribution in [0.5, 0.6) is 0 Å². The summed E-state index contributed by atoms with van der Waals surface area (Å²) in [5.74, 6) is -1.15. The van der Waals surface area contributed by atoms with Gasteiger partial charge in [-0.2, -0.15) is 13.2 Å². The fraction of sp³-hybridized carbons (Fsp3) is 0.444. The molecule has 7 heteroatoms. The Kier molecular flexibility index (Phi) is 6.61. The van der Waals surface area contributed by atoms with E-state index in [-0.39, 0.29) is 17.5 Å². The molecule has 0 atom stereocenters. The van der Waals surface area contributed by atoms with Crippen molar-refractivity contribution in [2.75, 3.05) is 6.61 Å². The molecule has 1 saturated carbocycles. The van der Waals surface area contributed by atoms with Crippen molar-refractivity contribution in [2.45, 2.75) is 44.3 Å². The number of carbonyl (C=O) groups is 2. The van der Waals surface area contributed by atoms with E-state index in [2.05, 4.69) is 5.32 Å². The summed E-state index contributed by atoms with van der Waals surface area (Å²) in [7, 11) is 0. The van der Waals surface area contributed by atoms with Gasteiger partial charge in [-0.1, -0.05) is 31.4 Å². The van der Waals surface area contributed by atoms with Crippen LogP contribution in [0.15, 0.2) is 30.3 Å². The Morgan fingerprint density at radius 2 is 1.92 bits per heavy atom. The molecular weight excluding hydrogens is 335 g/mol. The average Bonchev–Trinajstić information content (AvgIpc) is 2.58. The minimum atomic E-state index is -4.44. The van der Waals surface area contributed by atoms with Crippen LogP contribution < -0.4 is 5.32 Å². The molecule has 0 spiro atoms. The highest BCUT2D eigenvalue weighted by Gasteiger charge is 2.30. The van der Waals surface area contributed by atoms with E-state index in [0.29, 0.717) is 0 Å². The minimum Gasteiger partial charge on any atom is -0.452 e. The van der Waals surface area contributed by atoms with E-state index in [1.54, 1.807) is 0 Å². The third-order valence-corrected chi connectivity index (χ3v) is 3.94. The van der Waals surface area contributed by atoms with Crippen molar-refractivity contribution >= 4 is 18.0 Å². The molecule has 1 amide bonds. The molecule has 0 aliphatic heterocycles. The number of hydrogen-bond donors (Lipinski definition) is 1. The second-order valence-electron chi connectivity index (χ2n) is 5.97. The quantitative estimate of drug-likeness (QED) is 0.647. The van der Waals surface area contributed by atoms with E-state index in [9.17, 15) is 22.8 Å². The van der Waals surface area contributed by atoms with Gasteiger partial charge < -0.3 is 10.1 Å². The Morgan fingerprint density at radius 3 is 2.60 bits per heavy atom. The van der Waals surface area contributed by atoms with Gasteiger partial charge in [-0.05, 0) is 36.6 Å². The van der Waals surface area contributed by atoms with Crippen LogP contribution in [0, 0.1) is 0 Å². The predicted octanol–water partition coefficient (Wildman–Crippen LogP) is 3.71. The van der Waals surface area contributed by atoms with Crippen molar-refractivity contribution < 1.29 is 27.5 Å². The zero-order valence-corrected chi connectivity index (χ0v) is 13.6. The first-order valence-electron chi connectivity index (χ1n) is 8.16. The van der Waals surface area contributed by atoms with Gasteiger partial charge in [-0.15, -0.1) is 0 Å². The molecule has 0 bridgehead atoms. The molecule has 1 aromatic rings. The van der Waals surface area contributed by atoms with Gasteiger partial charge >= 0.3 is 12.1 Å². The van der Waals surface area contributed by atoms with E-state index >= 15 is 0 Å². The number of esters is 1. The molecule has 1 aliphatic carbocycles. The van der Waals surface area contributed by atoms with E-state index in [4.69, 9.17) is 4.74 Å². The van der Waals surface area contributed by atoms with Crippen LogP contribution >= 0.6 is 0 Å². The first-order chi connectivity index (χ1) is 11.8. The van der Waals surface area contributed by atoms with E-state index < -0.39 is 24.3 Å². The van der Waals surface area contributed by atoms with Gasteiger partial charge in [-0.25, -0.2) is 4.79 Å². The minimum absolute atomic E-state index is 0.126. The van der Waals surface area contributed by atoms with Gasteiger partial charge in [0, 0.05) is 12.1 Å². The number of benzene rings is 1. The van der Waals surface area contributed by atoms with E-state index in [1.807, 2.05) is 0 Å². The molecule has 25 heavy (non-hydrogen) atoms. The highest BCUT2D eigenvalue weighted by atomic mass is 19.4. The number of amides is 1. The first kappa shape index (κ1) is 19.0. The zero-order chi connectivity index (χ0) is 18.3. The van der Waals surface area contributed by atoms with Crippen LogP contribution in [0.2, 0.25) is 0 Å². The van der Waals surface area contributed by atoms with E-state index in [0.717, 1.165) is 43.9 Å². The van der Waals surface area contributed by atoms with Crippen molar-refractivity contribution in [3.63, 3.8) is 0 Å². The molecule has 0 saturated heterocycles. The summed E-state index contributed by atoms with van der Waals surface area (Å²) in [4.78, 5) is 23.3. The highest BCUT2D eigenvalue weighted by molar-refractivity contribution is 5.89. The van der Waals surface area contributed by atoms with Crippen LogP contribution in [0.3, 0.4) is 0 Å². The molecule has 1 aromatic carbocycles. The summed E-state index contributed by atoms with van der Waals surface area (Å²) < 4.78 is 42.6. The first-order valence-corrected chi connectivity index (χ1v) is 8.16. The number of alkyl halides is 3. The number of nitrogens with one attached hydrogen (secondary N) is 1. The number of rotatable bonds is 5. The van der Waals surface area contributed by atoms with Crippen molar-refractivity contribution in [1.29, 1.82) is 0 Å². The fourth-order valence-electron chi connectivity index (χ4n) is 2.68. The van der Waals surface area contributed by atoms with Crippen LogP contribution in [0.25, 0.3) is 6.08 Å². The van der Waals surface area contributed by atoms with Gasteiger partial charge in [0.05, 0.1) is 5.56 Å². The molecule has 136 valence electrons. The molecule has 0 radical (unpaired) electrons. The van der Waals surface area contributed by atoms with Crippen LogP contribution in [-0.4, -0.2) is 24.5 Å². The monoisotopic (exact) mass is 355 g/mol. The Morgan fingerprint density at radius 1 is 1.20 bits per heavy atom. The standard InChI is InChI=1S/C18H20F3NO3/c19-18(20,21)14-6-4-5-13(11-14)9-10-17(24)25-12-16(23)22-15-7-2-1-3-8-15/h4-6,9-11,15H,1-3,7-8,12H2,(H,22,23)/b10-9+. The zero-order valence-electron chi connectivity index (χ0n) is 13.6. The lowest BCUT2D eigenvalue weighted by Crippen LogP contribution is -2.38. The van der Waals surface area contributed by atoms with Gasteiger partial charge in [-0.3, -0.25) is 4.79 Å². The Labute approximate surface area is 144 Å². The molecule has 0 unspecified atom stereocenters. The summed E-state index contributed by atoms with van der Waals surface area (Å²) in [6, 6.07) is 4.70. The topological polar surface area (TPSA) is 55.4 Å². The van der Waals surface area contributed by atoms with Gasteiger partial charge in [0.25, 0.3) is 5.91 Å². The maximum absolute atomic E-state index is 12.6. The van der Waals surface area contributed by atoms with Crippen molar-refractivity contribution in [1.82, 2.24) is 5.32 Å². The second kappa shape index (κ2) is 8.69. The molecule has 1 N–H and O–H groups in total. The SMILES string of the molecule is O=C(COC(=O)/C=C/c1cccc(C(F)(F)F)c1)NC1CCCCC1. The summed E-state index contributed by atoms with van der Waals surface area (Å²) in [6.07, 6.45) is 2.95. The molecule has 1 fully saturated rings. The Hall–Kier alpha value is -2.31. The lowest BCUT2D eigenvalue weighted by Gasteiger charge is -2.22. The number of hydrogen-bond acceptors (Lipinski definition) is 3. The van der Waals surface area contributed by atoms with Gasteiger partial charge in [0.1, 0.15) is 0 Å². The van der Waals surface area contributed by atoms with Crippen molar-refractivity contribution in [3.05, 3.63) is 41.5 Å². The summed E-state index contributed by atoms with van der Waals surface area (Å²) in [6.45, 7) is -0.401. The van der Waals surface area contributed by atoms with Crippen LogP contribution in [0.4, 0.5) is 13.2 Å². The number of halogens is 3. The summed E-state index contributed by atoms with van der Waals surface area (Å²) in [5, 5.41) is 2.81. The van der Waals surface area contributed by atoms with Gasteiger partial charge in [0.15, 0.2) is 6.61 Å². The lowest BCUT2D eigenvalue weighted by atomic mass is 9.95. The third-order valence-electron chi connectivity index (χ3n) is 3.94. The van der Waals surface area contributed by atoms with Crippen LogP contribution in [-0.2, 0) is 20.5 Å². The third kappa shape index (κ3) is 6.60. The van der Waals surface area contributed by atoms with E-state index in [1.165, 1.54) is 24.6 Å². The number of carbonyl (C=O) groups excluding carboxylic acids is 2. The largest absolute Gasteiger partial charge is 0.452 e. The van der Waals surface area contributed by atoms with Crippen molar-refractivity contribution in [2.24, 2.45) is 0 Å². The summed E-state index contributed by atoms with van der Waals surface area (Å²) in [5.41, 5.74) is -0.576. The molecule has 0 aromatic heterocycles. The molecule has 4 nitrogen and oxygen atoms in total. The molecular formula is C18H20F3NO3. The van der Waals surface area contributed by atoms with Gasteiger partial charge in [0.2, 0.25) is 0 Å². The highest BCUT2D eigenvalue weighted by Crippen LogP contribution is 2.29. The molecule has 0 heterocycles. The maximum Gasteiger partial charge on any atom is 0.416 e. The fourth-order valence-corrected chi connectivity index (χ4v) is 2.68. The van der Waals surface area contributed by atoms with Crippen molar-refractivity contribution in [3.8, 4) is 0 Å². The summed E-state index contributed by atoms with van der Waals surface area (Å²) >= 11 is 0. The maximum atomic E-state index is 12.6. The molecule has 1 aliphatic rings. The smallest absolute Gasteiger partial charge is 0.416 e. The molecule has 2 rings (SSSR count). The lowest BCUT2D eigenvalue weighted by molar-refractivity contribution is -0.144. The second-order valence-corrected chi connectivity index (χ2v) is 5.97. The average molecular weight is 355 g/mol. The number of ether oxygens (including phenoxy) is 1.